The van der Waals surface area contributed by atoms with Gasteiger partial charge in [0.2, 0.25) is 0 Å². The smallest absolute Gasteiger partial charge is 0.303 e. The number of ketones is 1. The summed E-state index contributed by atoms with van der Waals surface area (Å²) in [6.45, 7) is 1.80. The van der Waals surface area contributed by atoms with Crippen LogP contribution in [-0.2, 0) is 23.1 Å². The summed E-state index contributed by atoms with van der Waals surface area (Å²) >= 11 is 0. The van der Waals surface area contributed by atoms with Crippen LogP contribution in [0, 0.1) is 6.92 Å². The van der Waals surface area contributed by atoms with E-state index in [0.29, 0.717) is 52.2 Å². The van der Waals surface area contributed by atoms with Crippen molar-refractivity contribution in [2.75, 3.05) is 16.0 Å². The topological polar surface area (TPSA) is 142 Å². The van der Waals surface area contributed by atoms with E-state index in [9.17, 15) is 19.2 Å². The maximum absolute atomic E-state index is 13.3. The molecule has 2 amide bonds. The molecule has 1 aliphatic heterocycles. The van der Waals surface area contributed by atoms with Crippen LogP contribution < -0.4 is 16.0 Å². The van der Waals surface area contributed by atoms with Crippen LogP contribution in [0.2, 0.25) is 0 Å². The second-order valence-electron chi connectivity index (χ2n) is 10.0. The molecule has 0 saturated carbocycles. The maximum Gasteiger partial charge on any atom is 0.303 e. The monoisotopic (exact) mass is 563 g/mol. The van der Waals surface area contributed by atoms with E-state index in [0.717, 1.165) is 16.9 Å². The Balaban J connectivity index is 1.27. The number of carbonyl (C=O) groups is 4. The molecule has 0 aliphatic carbocycles. The Morgan fingerprint density at radius 1 is 0.976 bits per heavy atom. The number of amides is 2. The first kappa shape index (κ1) is 28.0. The Labute approximate surface area is 242 Å². The Bertz CT molecular complexity index is 1740. The molecule has 4 aromatic rings. The minimum absolute atomic E-state index is 0.130. The van der Waals surface area contributed by atoms with Crippen LogP contribution in [0.4, 0.5) is 17.1 Å². The number of aryl methyl sites for hydroxylation is 3. The van der Waals surface area contributed by atoms with Gasteiger partial charge in [0.05, 0.1) is 11.3 Å². The summed E-state index contributed by atoms with van der Waals surface area (Å²) < 4.78 is 1.50. The van der Waals surface area contributed by atoms with Gasteiger partial charge >= 0.3 is 5.97 Å². The number of nitrogens with zero attached hydrogens (tertiary/aromatic N) is 2. The largest absolute Gasteiger partial charge is 0.481 e. The summed E-state index contributed by atoms with van der Waals surface area (Å²) in [4.78, 5) is 49.4. The molecule has 212 valence electrons. The van der Waals surface area contributed by atoms with Crippen molar-refractivity contribution in [2.45, 2.75) is 26.2 Å². The molecule has 1 aliphatic rings. The number of carboxylic acid groups (broad SMARTS) is 1. The first-order valence-corrected chi connectivity index (χ1v) is 13.4. The molecule has 5 rings (SSSR count). The molecule has 10 nitrogen and oxygen atoms in total. The minimum Gasteiger partial charge on any atom is -0.481 e. The first-order valence-electron chi connectivity index (χ1n) is 13.4. The van der Waals surface area contributed by atoms with Gasteiger partial charge in [0.15, 0.2) is 5.78 Å². The molecule has 0 saturated heterocycles. The lowest BCUT2D eigenvalue weighted by Crippen LogP contribution is -2.16. The van der Waals surface area contributed by atoms with Crippen LogP contribution in [0.1, 0.15) is 56.1 Å². The van der Waals surface area contributed by atoms with Gasteiger partial charge in [-0.25, -0.2) is 0 Å². The SMILES string of the molecule is Cc1cc(C(=O)Nc2cccc(C(=O)c3ccc4c(c3)NC(=O)C4=CNc3ccc(CCCC(=O)O)cc3)c2)n(C)n1. The van der Waals surface area contributed by atoms with Gasteiger partial charge in [-0.1, -0.05) is 36.4 Å². The Hall–Kier alpha value is -5.51. The molecular formula is C32H29N5O5. The number of nitrogens with one attached hydrogen (secondary N) is 3. The van der Waals surface area contributed by atoms with E-state index in [4.69, 9.17) is 5.11 Å². The molecular weight excluding hydrogens is 534 g/mol. The molecule has 0 atom stereocenters. The van der Waals surface area contributed by atoms with Gasteiger partial charge in [0, 0.05) is 53.4 Å². The summed E-state index contributed by atoms with van der Waals surface area (Å²) in [5, 5.41) is 21.8. The summed E-state index contributed by atoms with van der Waals surface area (Å²) in [6.07, 6.45) is 3.00. The molecule has 0 spiro atoms. The van der Waals surface area contributed by atoms with E-state index in [1.807, 2.05) is 24.3 Å². The van der Waals surface area contributed by atoms with Gasteiger partial charge in [-0.3, -0.25) is 23.9 Å². The lowest BCUT2D eigenvalue weighted by molar-refractivity contribution is -0.137. The zero-order valence-electron chi connectivity index (χ0n) is 23.1. The van der Waals surface area contributed by atoms with Gasteiger partial charge in [-0.2, -0.15) is 5.10 Å². The lowest BCUT2D eigenvalue weighted by atomic mass is 9.99. The first-order chi connectivity index (χ1) is 20.2. The third-order valence-corrected chi connectivity index (χ3v) is 6.88. The van der Waals surface area contributed by atoms with Crippen molar-refractivity contribution in [3.8, 4) is 0 Å². The number of fused-ring (bicyclic) bond motifs is 1. The highest BCUT2D eigenvalue weighted by Gasteiger charge is 2.25. The molecule has 0 bridgehead atoms. The van der Waals surface area contributed by atoms with E-state index >= 15 is 0 Å². The van der Waals surface area contributed by atoms with Gasteiger partial charge in [0.25, 0.3) is 11.8 Å². The molecule has 1 aromatic heterocycles. The number of carbonyl (C=O) groups excluding carboxylic acids is 3. The van der Waals surface area contributed by atoms with Crippen molar-refractivity contribution in [3.63, 3.8) is 0 Å². The second-order valence-corrected chi connectivity index (χ2v) is 10.0. The third-order valence-electron chi connectivity index (χ3n) is 6.88. The number of benzene rings is 3. The van der Waals surface area contributed by atoms with Gasteiger partial charge < -0.3 is 21.1 Å². The summed E-state index contributed by atoms with van der Waals surface area (Å²) in [5.74, 6) is -1.68. The zero-order chi connectivity index (χ0) is 29.8. The molecule has 0 fully saturated rings. The molecule has 42 heavy (non-hydrogen) atoms. The van der Waals surface area contributed by atoms with E-state index in [1.54, 1.807) is 68.7 Å². The number of carboxylic acids is 1. The van der Waals surface area contributed by atoms with Gasteiger partial charge in [-0.05, 0) is 61.7 Å². The number of hydrogen-bond donors (Lipinski definition) is 4. The number of aromatic nitrogens is 2. The average molecular weight is 564 g/mol. The minimum atomic E-state index is -0.807. The van der Waals surface area contributed by atoms with Crippen LogP contribution in [-0.4, -0.2) is 38.5 Å². The number of rotatable bonds is 10. The summed E-state index contributed by atoms with van der Waals surface area (Å²) in [5.41, 5.74) is 5.84. The Morgan fingerprint density at radius 2 is 1.74 bits per heavy atom. The molecule has 0 unspecified atom stereocenters. The van der Waals surface area contributed by atoms with Crippen LogP contribution in [0.25, 0.3) is 5.57 Å². The van der Waals surface area contributed by atoms with Crippen molar-refractivity contribution in [3.05, 3.63) is 113 Å². The van der Waals surface area contributed by atoms with Crippen molar-refractivity contribution >= 4 is 46.2 Å². The quantitative estimate of drug-likeness (QED) is 0.157. The van der Waals surface area contributed by atoms with Crippen LogP contribution in [0.5, 0.6) is 0 Å². The van der Waals surface area contributed by atoms with Crippen LogP contribution in [0.15, 0.2) is 79.0 Å². The van der Waals surface area contributed by atoms with Crippen LogP contribution in [0.3, 0.4) is 0 Å². The Morgan fingerprint density at radius 3 is 2.45 bits per heavy atom. The molecule has 0 radical (unpaired) electrons. The van der Waals surface area contributed by atoms with Crippen LogP contribution >= 0.6 is 0 Å². The van der Waals surface area contributed by atoms with Crippen molar-refractivity contribution < 1.29 is 24.3 Å². The van der Waals surface area contributed by atoms with Gasteiger partial charge in [-0.15, -0.1) is 0 Å². The summed E-state index contributed by atoms with van der Waals surface area (Å²) in [6, 6.07) is 21.0. The highest BCUT2D eigenvalue weighted by Crippen LogP contribution is 2.33. The average Bonchev–Trinajstić information content (AvgIpc) is 3.48. The fourth-order valence-electron chi connectivity index (χ4n) is 4.77. The van der Waals surface area contributed by atoms with E-state index in [1.165, 1.54) is 4.68 Å². The van der Waals surface area contributed by atoms with Crippen molar-refractivity contribution in [2.24, 2.45) is 7.05 Å². The fourth-order valence-corrected chi connectivity index (χ4v) is 4.77. The molecule has 4 N–H and O–H groups in total. The maximum atomic E-state index is 13.3. The number of anilines is 3. The number of hydrogen-bond acceptors (Lipinski definition) is 6. The van der Waals surface area contributed by atoms with Crippen molar-refractivity contribution in [1.82, 2.24) is 9.78 Å². The van der Waals surface area contributed by atoms with E-state index in [2.05, 4.69) is 21.0 Å². The standard InChI is InChI=1S/C32H29N5O5/c1-19-15-28(37(2)36-19)32(42)34-24-7-4-6-21(16-24)30(40)22-11-14-25-26(31(41)35-27(25)17-22)18-33-23-12-9-20(10-13-23)5-3-8-29(38)39/h4,6-7,9-18,33H,3,5,8H2,1-2H3,(H,34,42)(H,35,41)(H,38,39). The lowest BCUT2D eigenvalue weighted by Gasteiger charge is -2.08. The predicted molar refractivity (Wildman–Crippen MR) is 159 cm³/mol. The number of aliphatic carboxylic acids is 1. The highest BCUT2D eigenvalue weighted by atomic mass is 16.4. The fraction of sp³-hybridized carbons (Fsp3) is 0.156. The van der Waals surface area contributed by atoms with E-state index < -0.39 is 5.97 Å². The molecule has 2 heterocycles. The van der Waals surface area contributed by atoms with Gasteiger partial charge in [0.1, 0.15) is 5.69 Å². The van der Waals surface area contributed by atoms with E-state index in [-0.39, 0.29) is 24.0 Å². The predicted octanol–water partition coefficient (Wildman–Crippen LogP) is 5.02. The zero-order valence-corrected chi connectivity index (χ0v) is 23.1. The second kappa shape index (κ2) is 11.9. The van der Waals surface area contributed by atoms with Crippen molar-refractivity contribution in [1.29, 1.82) is 0 Å². The Kier molecular flexibility index (Phi) is 7.96. The summed E-state index contributed by atoms with van der Waals surface area (Å²) in [7, 11) is 1.69. The molecule has 3 aromatic carbocycles. The normalized spacial score (nSPS) is 13.0. The third kappa shape index (κ3) is 6.28. The highest BCUT2D eigenvalue weighted by molar-refractivity contribution is 6.32. The molecule has 10 heteroatoms.